The summed E-state index contributed by atoms with van der Waals surface area (Å²) in [4.78, 5) is 0. The van der Waals surface area contributed by atoms with Crippen LogP contribution in [-0.2, 0) is 10.1 Å². The van der Waals surface area contributed by atoms with Gasteiger partial charge in [-0.05, 0) is 12.3 Å². The molecule has 0 aromatic rings. The van der Waals surface area contributed by atoms with Crippen LogP contribution in [0.25, 0.3) is 0 Å². The molecule has 0 aliphatic carbocycles. The molecule has 0 aromatic heterocycles. The summed E-state index contributed by atoms with van der Waals surface area (Å²) in [7, 11) is -3.97. The molecule has 0 unspecified atom stereocenters. The molecule has 0 amide bonds. The Kier molecular flexibility index (Phi) is 6.82. The largest absolute Gasteiger partial charge is 1.00 e. The van der Waals surface area contributed by atoms with Crippen molar-refractivity contribution in [3.05, 3.63) is 0 Å². The van der Waals surface area contributed by atoms with Crippen molar-refractivity contribution >= 4 is 10.1 Å². The van der Waals surface area contributed by atoms with E-state index in [-0.39, 0.29) is 30.5 Å². The molecule has 0 rings (SSSR count). The van der Waals surface area contributed by atoms with E-state index in [1.807, 2.05) is 13.8 Å². The van der Waals surface area contributed by atoms with Gasteiger partial charge in [0.05, 0.1) is 10.1 Å². The van der Waals surface area contributed by atoms with E-state index < -0.39 is 10.1 Å². The molecule has 0 spiro atoms. The smallest absolute Gasteiger partial charge is 0.748 e. The molecule has 0 aromatic carbocycles. The quantitative estimate of drug-likeness (QED) is 0.339. The zero-order valence-corrected chi connectivity index (χ0v) is 7.44. The van der Waals surface area contributed by atoms with Gasteiger partial charge in [0.1, 0.15) is 0 Å². The summed E-state index contributed by atoms with van der Waals surface area (Å²) in [6.07, 6.45) is 0.464. The second-order valence-electron chi connectivity index (χ2n) is 2.44. The van der Waals surface area contributed by atoms with E-state index in [1.165, 1.54) is 0 Å². The van der Waals surface area contributed by atoms with Crippen LogP contribution in [0.3, 0.4) is 0 Å². The van der Waals surface area contributed by atoms with Gasteiger partial charge in [0.25, 0.3) is 0 Å². The minimum absolute atomic E-state index is 0. The summed E-state index contributed by atoms with van der Waals surface area (Å²) in [6.45, 7) is 3.76. The molecule has 0 aliphatic heterocycles. The summed E-state index contributed by atoms with van der Waals surface area (Å²) in [5, 5.41) is 0. The fraction of sp³-hybridized carbons (Fsp3) is 1.00. The molecule has 56 valence electrons. The summed E-state index contributed by atoms with van der Waals surface area (Å²) < 4.78 is 29.9. The van der Waals surface area contributed by atoms with Gasteiger partial charge in [0.15, 0.2) is 0 Å². The first kappa shape index (κ1) is 13.1. The first-order valence-electron chi connectivity index (χ1n) is 2.85. The minimum Gasteiger partial charge on any atom is -0.748 e. The Morgan fingerprint density at radius 3 is 1.90 bits per heavy atom. The Morgan fingerprint density at radius 1 is 1.40 bits per heavy atom. The minimum atomic E-state index is -3.97. The molecule has 3 nitrogen and oxygen atoms in total. The Balaban J connectivity index is 0. The van der Waals surface area contributed by atoms with Crippen molar-refractivity contribution < 1.29 is 31.8 Å². The Morgan fingerprint density at radius 2 is 1.80 bits per heavy atom. The normalized spacial score (nSPS) is 11.2. The van der Waals surface area contributed by atoms with Gasteiger partial charge in [-0.1, -0.05) is 13.8 Å². The van der Waals surface area contributed by atoms with Crippen LogP contribution in [0, 0.1) is 5.92 Å². The molecule has 0 radical (unpaired) electrons. The fourth-order valence-corrected chi connectivity index (χ4v) is 1.14. The van der Waals surface area contributed by atoms with Gasteiger partial charge in [0, 0.05) is 5.75 Å². The first-order chi connectivity index (χ1) is 3.92. The van der Waals surface area contributed by atoms with E-state index in [0.29, 0.717) is 6.42 Å². The molecule has 5 heteroatoms. The average molecular weight is 158 g/mol. The van der Waals surface area contributed by atoms with Gasteiger partial charge >= 0.3 is 18.9 Å². The Labute approximate surface area is 74.1 Å². The standard InChI is InChI=1S/C5H12O3S.Li/c1-5(2)3-4-9(6,7)8;/h5H,3-4H2,1-2H3,(H,6,7,8);/q;+1/p-1. The number of hydrogen-bond donors (Lipinski definition) is 0. The summed E-state index contributed by atoms with van der Waals surface area (Å²) in [5.41, 5.74) is 0. The van der Waals surface area contributed by atoms with E-state index >= 15 is 0 Å². The van der Waals surface area contributed by atoms with Crippen LogP contribution in [0.15, 0.2) is 0 Å². The van der Waals surface area contributed by atoms with Crippen LogP contribution in [0.2, 0.25) is 0 Å². The van der Waals surface area contributed by atoms with Gasteiger partial charge in [-0.15, -0.1) is 0 Å². The molecular formula is C5H11LiO3S. The fourth-order valence-electron chi connectivity index (χ4n) is 0.380. The zero-order chi connectivity index (χ0) is 7.49. The Hall–Kier alpha value is 0.507. The molecule has 10 heavy (non-hydrogen) atoms. The summed E-state index contributed by atoms with van der Waals surface area (Å²) in [5.74, 6) is 0.0544. The molecule has 0 saturated carbocycles. The van der Waals surface area contributed by atoms with Crippen LogP contribution >= 0.6 is 0 Å². The predicted octanol–water partition coefficient (Wildman–Crippen LogP) is -2.42. The van der Waals surface area contributed by atoms with Crippen LogP contribution in [0.5, 0.6) is 0 Å². The molecule has 0 saturated heterocycles. The third-order valence-corrected chi connectivity index (χ3v) is 1.68. The van der Waals surface area contributed by atoms with Crippen LogP contribution < -0.4 is 18.9 Å². The number of rotatable bonds is 3. The second kappa shape index (κ2) is 5.20. The van der Waals surface area contributed by atoms with Crippen LogP contribution in [0.1, 0.15) is 20.3 Å². The van der Waals surface area contributed by atoms with E-state index in [1.54, 1.807) is 0 Å². The maximum Gasteiger partial charge on any atom is 1.00 e. The van der Waals surface area contributed by atoms with Crippen molar-refractivity contribution in [3.63, 3.8) is 0 Å². The van der Waals surface area contributed by atoms with Crippen molar-refractivity contribution in [2.45, 2.75) is 20.3 Å². The average Bonchev–Trinajstić information content (AvgIpc) is 1.59. The Bertz CT molecular complexity index is 162. The molecule has 0 bridgehead atoms. The van der Waals surface area contributed by atoms with Crippen molar-refractivity contribution in [2.75, 3.05) is 5.75 Å². The van der Waals surface area contributed by atoms with E-state index in [4.69, 9.17) is 0 Å². The van der Waals surface area contributed by atoms with E-state index in [9.17, 15) is 13.0 Å². The maximum atomic E-state index is 9.98. The van der Waals surface area contributed by atoms with Crippen LogP contribution in [-0.4, -0.2) is 18.7 Å². The number of hydrogen-bond acceptors (Lipinski definition) is 3. The summed E-state index contributed by atoms with van der Waals surface area (Å²) in [6, 6.07) is 0. The zero-order valence-electron chi connectivity index (χ0n) is 6.62. The van der Waals surface area contributed by atoms with Crippen molar-refractivity contribution in [1.82, 2.24) is 0 Å². The third-order valence-electron chi connectivity index (χ3n) is 0.945. The van der Waals surface area contributed by atoms with E-state index in [2.05, 4.69) is 0 Å². The van der Waals surface area contributed by atoms with E-state index in [0.717, 1.165) is 0 Å². The van der Waals surface area contributed by atoms with Gasteiger partial charge in [-0.2, -0.15) is 0 Å². The van der Waals surface area contributed by atoms with Gasteiger partial charge in [-0.25, -0.2) is 8.42 Å². The van der Waals surface area contributed by atoms with Crippen LogP contribution in [0.4, 0.5) is 0 Å². The SMILES string of the molecule is CC(C)CCS(=O)(=O)[O-].[Li+]. The molecule has 0 N–H and O–H groups in total. The van der Waals surface area contributed by atoms with Crippen molar-refractivity contribution in [2.24, 2.45) is 5.92 Å². The molecule has 0 aliphatic rings. The van der Waals surface area contributed by atoms with Gasteiger partial charge < -0.3 is 4.55 Å². The van der Waals surface area contributed by atoms with Gasteiger partial charge in [-0.3, -0.25) is 0 Å². The molecule has 0 heterocycles. The topological polar surface area (TPSA) is 57.2 Å². The molecule has 0 atom stereocenters. The van der Waals surface area contributed by atoms with Crippen molar-refractivity contribution in [1.29, 1.82) is 0 Å². The monoisotopic (exact) mass is 158 g/mol. The molecule has 0 fully saturated rings. The maximum absolute atomic E-state index is 9.98. The third kappa shape index (κ3) is 11.3. The summed E-state index contributed by atoms with van der Waals surface area (Å²) >= 11 is 0. The first-order valence-corrected chi connectivity index (χ1v) is 4.43. The molecular weight excluding hydrogens is 147 g/mol. The second-order valence-corrected chi connectivity index (χ2v) is 3.97. The predicted molar refractivity (Wildman–Crippen MR) is 34.0 cm³/mol. The van der Waals surface area contributed by atoms with Crippen molar-refractivity contribution in [3.8, 4) is 0 Å². The van der Waals surface area contributed by atoms with Gasteiger partial charge in [0.2, 0.25) is 0 Å².